The molecule has 0 bridgehead atoms. The van der Waals surface area contributed by atoms with Gasteiger partial charge in [-0.3, -0.25) is 0 Å². The molecule has 2 aromatic rings. The molecule has 0 atom stereocenters. The smallest absolute Gasteiger partial charge is 0.0998 e. The van der Waals surface area contributed by atoms with E-state index in [9.17, 15) is 0 Å². The van der Waals surface area contributed by atoms with Gasteiger partial charge in [-0.25, -0.2) is 0 Å². The Hall–Kier alpha value is -1.83. The van der Waals surface area contributed by atoms with Gasteiger partial charge in [-0.2, -0.15) is 5.26 Å². The minimum atomic E-state index is 0.610. The third kappa shape index (κ3) is 2.70. The highest BCUT2D eigenvalue weighted by Gasteiger charge is 2.04. The van der Waals surface area contributed by atoms with E-state index in [-0.39, 0.29) is 0 Å². The standard InChI is InChI=1S/C14H16N2O2/c1-17-9-10-18-8-7-16-6-5-13-12(11-15)3-2-4-14(13)16/h2-6H,7-10H2,1H3. The molecule has 0 aliphatic heterocycles. The van der Waals surface area contributed by atoms with Crippen LogP contribution in [0.4, 0.5) is 0 Å². The van der Waals surface area contributed by atoms with Gasteiger partial charge >= 0.3 is 0 Å². The summed E-state index contributed by atoms with van der Waals surface area (Å²) >= 11 is 0. The molecule has 0 aliphatic rings. The van der Waals surface area contributed by atoms with E-state index in [2.05, 4.69) is 10.6 Å². The molecule has 2 rings (SSSR count). The predicted octanol–water partition coefficient (Wildman–Crippen LogP) is 2.18. The van der Waals surface area contributed by atoms with Gasteiger partial charge in [0.05, 0.1) is 31.5 Å². The quantitative estimate of drug-likeness (QED) is 0.732. The van der Waals surface area contributed by atoms with Gasteiger partial charge in [-0.05, 0) is 18.2 Å². The molecule has 0 saturated carbocycles. The first kappa shape index (κ1) is 12.6. The lowest BCUT2D eigenvalue weighted by atomic mass is 10.1. The first-order valence-corrected chi connectivity index (χ1v) is 5.91. The van der Waals surface area contributed by atoms with Crippen molar-refractivity contribution in [3.63, 3.8) is 0 Å². The second-order valence-electron chi connectivity index (χ2n) is 3.96. The number of rotatable bonds is 6. The zero-order valence-corrected chi connectivity index (χ0v) is 10.4. The van der Waals surface area contributed by atoms with E-state index >= 15 is 0 Å². The molecule has 1 heterocycles. The SMILES string of the molecule is COCCOCCn1ccc2c(C#N)cccc21. The number of nitriles is 1. The molecule has 18 heavy (non-hydrogen) atoms. The van der Waals surface area contributed by atoms with Crippen molar-refractivity contribution in [1.29, 1.82) is 5.26 Å². The molecule has 1 aromatic carbocycles. The predicted molar refractivity (Wildman–Crippen MR) is 69.3 cm³/mol. The summed E-state index contributed by atoms with van der Waals surface area (Å²) in [4.78, 5) is 0. The first-order chi connectivity index (χ1) is 8.86. The molecular formula is C14H16N2O2. The van der Waals surface area contributed by atoms with Crippen molar-refractivity contribution < 1.29 is 9.47 Å². The fourth-order valence-corrected chi connectivity index (χ4v) is 1.92. The average molecular weight is 244 g/mol. The van der Waals surface area contributed by atoms with Crippen LogP contribution < -0.4 is 0 Å². The lowest BCUT2D eigenvalue weighted by Gasteiger charge is -2.06. The van der Waals surface area contributed by atoms with Crippen LogP contribution in [0.5, 0.6) is 0 Å². The van der Waals surface area contributed by atoms with Crippen LogP contribution >= 0.6 is 0 Å². The second kappa shape index (κ2) is 6.20. The zero-order chi connectivity index (χ0) is 12.8. The maximum Gasteiger partial charge on any atom is 0.0998 e. The third-order valence-electron chi connectivity index (χ3n) is 2.84. The number of methoxy groups -OCH3 is 1. The summed E-state index contributed by atoms with van der Waals surface area (Å²) in [6.07, 6.45) is 1.99. The fraction of sp³-hybridized carbons (Fsp3) is 0.357. The molecule has 1 aromatic heterocycles. The fourth-order valence-electron chi connectivity index (χ4n) is 1.92. The van der Waals surface area contributed by atoms with E-state index in [1.807, 2.05) is 30.5 Å². The molecule has 0 amide bonds. The zero-order valence-electron chi connectivity index (χ0n) is 10.4. The summed E-state index contributed by atoms with van der Waals surface area (Å²) < 4.78 is 12.5. The van der Waals surface area contributed by atoms with Crippen molar-refractivity contribution in [2.24, 2.45) is 0 Å². The molecule has 4 nitrogen and oxygen atoms in total. The van der Waals surface area contributed by atoms with E-state index in [0.717, 1.165) is 17.4 Å². The number of hydrogen-bond donors (Lipinski definition) is 0. The molecule has 94 valence electrons. The Labute approximate surface area is 106 Å². The molecule has 0 saturated heterocycles. The Morgan fingerprint density at radius 1 is 1.22 bits per heavy atom. The number of aromatic nitrogens is 1. The summed E-state index contributed by atoms with van der Waals surface area (Å²) in [6.45, 7) is 2.65. The van der Waals surface area contributed by atoms with E-state index in [4.69, 9.17) is 14.7 Å². The molecule has 0 fully saturated rings. The van der Waals surface area contributed by atoms with Crippen molar-refractivity contribution in [2.45, 2.75) is 6.54 Å². The summed E-state index contributed by atoms with van der Waals surface area (Å²) in [5.41, 5.74) is 1.79. The maximum atomic E-state index is 9.02. The van der Waals surface area contributed by atoms with Crippen molar-refractivity contribution in [3.05, 3.63) is 36.0 Å². The summed E-state index contributed by atoms with van der Waals surface area (Å²) in [5, 5.41) is 10.0. The van der Waals surface area contributed by atoms with Crippen molar-refractivity contribution in [2.75, 3.05) is 26.9 Å². The van der Waals surface area contributed by atoms with Gasteiger partial charge in [-0.1, -0.05) is 6.07 Å². The van der Waals surface area contributed by atoms with Crippen LogP contribution in [0.3, 0.4) is 0 Å². The Balaban J connectivity index is 2.04. The maximum absolute atomic E-state index is 9.02. The van der Waals surface area contributed by atoms with Gasteiger partial charge in [0.2, 0.25) is 0 Å². The van der Waals surface area contributed by atoms with Crippen LogP contribution in [0.25, 0.3) is 10.9 Å². The van der Waals surface area contributed by atoms with E-state index in [1.165, 1.54) is 0 Å². The van der Waals surface area contributed by atoms with Gasteiger partial charge in [0.15, 0.2) is 0 Å². The highest BCUT2D eigenvalue weighted by molar-refractivity contribution is 5.85. The third-order valence-corrected chi connectivity index (χ3v) is 2.84. The number of fused-ring (bicyclic) bond motifs is 1. The average Bonchev–Trinajstić information content (AvgIpc) is 2.82. The van der Waals surface area contributed by atoms with Crippen LogP contribution in [0.15, 0.2) is 30.5 Å². The van der Waals surface area contributed by atoms with Gasteiger partial charge in [0.25, 0.3) is 0 Å². The Morgan fingerprint density at radius 3 is 2.89 bits per heavy atom. The monoisotopic (exact) mass is 244 g/mol. The lowest BCUT2D eigenvalue weighted by molar-refractivity contribution is 0.0670. The van der Waals surface area contributed by atoms with E-state index in [0.29, 0.717) is 25.4 Å². The van der Waals surface area contributed by atoms with Crippen LogP contribution in [0.2, 0.25) is 0 Å². The molecule has 0 unspecified atom stereocenters. The summed E-state index contributed by atoms with van der Waals surface area (Å²) in [7, 11) is 1.66. The number of ether oxygens (including phenoxy) is 2. The van der Waals surface area contributed by atoms with Gasteiger partial charge in [-0.15, -0.1) is 0 Å². The lowest BCUT2D eigenvalue weighted by Crippen LogP contribution is -2.08. The largest absolute Gasteiger partial charge is 0.382 e. The minimum Gasteiger partial charge on any atom is -0.382 e. The van der Waals surface area contributed by atoms with Crippen LogP contribution in [-0.2, 0) is 16.0 Å². The number of nitrogens with zero attached hydrogens (tertiary/aromatic N) is 2. The molecule has 0 radical (unpaired) electrons. The Bertz CT molecular complexity index is 554. The molecular weight excluding hydrogens is 228 g/mol. The molecule has 4 heteroatoms. The summed E-state index contributed by atoms with van der Waals surface area (Å²) in [5.74, 6) is 0. The first-order valence-electron chi connectivity index (χ1n) is 5.91. The van der Waals surface area contributed by atoms with Crippen LogP contribution in [-0.4, -0.2) is 31.5 Å². The van der Waals surface area contributed by atoms with Crippen molar-refractivity contribution >= 4 is 10.9 Å². The second-order valence-corrected chi connectivity index (χ2v) is 3.96. The Morgan fingerprint density at radius 2 is 2.11 bits per heavy atom. The van der Waals surface area contributed by atoms with Gasteiger partial charge in [0, 0.05) is 30.8 Å². The van der Waals surface area contributed by atoms with Crippen LogP contribution in [0, 0.1) is 11.3 Å². The highest BCUT2D eigenvalue weighted by Crippen LogP contribution is 2.19. The van der Waals surface area contributed by atoms with Crippen molar-refractivity contribution in [3.8, 4) is 6.07 Å². The number of benzene rings is 1. The topological polar surface area (TPSA) is 47.2 Å². The normalized spacial score (nSPS) is 10.7. The number of hydrogen-bond acceptors (Lipinski definition) is 3. The summed E-state index contributed by atoms with van der Waals surface area (Å²) in [6, 6.07) is 9.94. The van der Waals surface area contributed by atoms with E-state index < -0.39 is 0 Å². The highest BCUT2D eigenvalue weighted by atomic mass is 16.5. The van der Waals surface area contributed by atoms with Gasteiger partial charge in [0.1, 0.15) is 0 Å². The van der Waals surface area contributed by atoms with Crippen molar-refractivity contribution in [1.82, 2.24) is 4.57 Å². The molecule has 0 aliphatic carbocycles. The minimum absolute atomic E-state index is 0.610. The molecule has 0 spiro atoms. The Kier molecular flexibility index (Phi) is 4.35. The van der Waals surface area contributed by atoms with E-state index in [1.54, 1.807) is 7.11 Å². The van der Waals surface area contributed by atoms with Crippen LogP contribution in [0.1, 0.15) is 5.56 Å². The van der Waals surface area contributed by atoms with Gasteiger partial charge < -0.3 is 14.0 Å². The molecule has 0 N–H and O–H groups in total.